The van der Waals surface area contributed by atoms with Gasteiger partial charge in [-0.2, -0.15) is 0 Å². The van der Waals surface area contributed by atoms with Crippen LogP contribution in [0.4, 0.5) is 8.78 Å². The van der Waals surface area contributed by atoms with Gasteiger partial charge in [-0.1, -0.05) is 0 Å². The van der Waals surface area contributed by atoms with Crippen LogP contribution >= 0.6 is 0 Å². The summed E-state index contributed by atoms with van der Waals surface area (Å²) in [4.78, 5) is 18.4. The third kappa shape index (κ3) is 3.80. The van der Waals surface area contributed by atoms with Gasteiger partial charge in [0.05, 0.1) is 18.7 Å². The fourth-order valence-corrected chi connectivity index (χ4v) is 5.01. The molecule has 0 saturated carbocycles. The number of benzene rings is 1. The quantitative estimate of drug-likeness (QED) is 0.699. The van der Waals surface area contributed by atoms with Gasteiger partial charge in [0.1, 0.15) is 11.9 Å². The van der Waals surface area contributed by atoms with Crippen molar-refractivity contribution in [3.8, 4) is 5.75 Å². The number of ether oxygens (including phenoxy) is 2. The van der Waals surface area contributed by atoms with E-state index in [1.807, 2.05) is 24.3 Å². The van der Waals surface area contributed by atoms with E-state index in [4.69, 9.17) is 9.47 Å². The minimum absolute atomic E-state index is 0.0781. The van der Waals surface area contributed by atoms with E-state index < -0.39 is 17.9 Å². The summed E-state index contributed by atoms with van der Waals surface area (Å²) in [6.07, 6.45) is 2.49. The number of rotatable bonds is 5. The van der Waals surface area contributed by atoms with Gasteiger partial charge in [-0.3, -0.25) is 14.7 Å². The van der Waals surface area contributed by atoms with Crippen LogP contribution in [-0.2, 0) is 9.53 Å². The van der Waals surface area contributed by atoms with Crippen LogP contribution in [-0.4, -0.2) is 48.0 Å². The Balaban J connectivity index is 1.74. The first-order valence-electron chi connectivity index (χ1n) is 9.99. The number of piperidine rings is 3. The Hall–Kier alpha value is -2.28. The van der Waals surface area contributed by atoms with E-state index in [-0.39, 0.29) is 17.9 Å². The highest BCUT2D eigenvalue weighted by molar-refractivity contribution is 5.84. The second kappa shape index (κ2) is 7.52. The van der Waals surface area contributed by atoms with Gasteiger partial charge in [-0.25, -0.2) is 8.78 Å². The van der Waals surface area contributed by atoms with Crippen molar-refractivity contribution in [2.24, 2.45) is 11.8 Å². The number of carbonyl (C=O) groups is 1. The number of methoxy groups -OCH3 is 1. The number of halogens is 2. The van der Waals surface area contributed by atoms with E-state index in [9.17, 15) is 13.6 Å². The largest absolute Gasteiger partial charge is 0.497 e. The highest BCUT2D eigenvalue weighted by Crippen LogP contribution is 2.47. The van der Waals surface area contributed by atoms with Crippen LogP contribution < -0.4 is 4.74 Å². The van der Waals surface area contributed by atoms with Crippen LogP contribution in [0.3, 0.4) is 0 Å². The van der Waals surface area contributed by atoms with Crippen molar-refractivity contribution >= 4 is 16.9 Å². The van der Waals surface area contributed by atoms with Gasteiger partial charge in [0.2, 0.25) is 5.92 Å². The first-order valence-corrected chi connectivity index (χ1v) is 9.99. The fraction of sp³-hybridized carbons (Fsp3) is 0.545. The number of fused-ring (bicyclic) bond motifs is 4. The van der Waals surface area contributed by atoms with Crippen LogP contribution in [0.5, 0.6) is 5.75 Å². The molecule has 1 aromatic carbocycles. The van der Waals surface area contributed by atoms with E-state index in [0.717, 1.165) is 36.4 Å². The molecule has 5 atom stereocenters. The van der Waals surface area contributed by atoms with E-state index in [0.29, 0.717) is 18.7 Å². The summed E-state index contributed by atoms with van der Waals surface area (Å²) in [5.41, 5.74) is 1.61. The van der Waals surface area contributed by atoms with Crippen molar-refractivity contribution < 1.29 is 23.0 Å². The van der Waals surface area contributed by atoms with Gasteiger partial charge in [0.15, 0.2) is 0 Å². The zero-order valence-corrected chi connectivity index (χ0v) is 16.9. The van der Waals surface area contributed by atoms with E-state index in [1.165, 1.54) is 6.92 Å². The van der Waals surface area contributed by atoms with Crippen molar-refractivity contribution in [2.45, 2.75) is 44.8 Å². The van der Waals surface area contributed by atoms with Gasteiger partial charge < -0.3 is 9.47 Å². The molecule has 2 aromatic rings. The summed E-state index contributed by atoms with van der Waals surface area (Å²) in [6.45, 7) is 3.46. The highest BCUT2D eigenvalue weighted by Gasteiger charge is 2.51. The third-order valence-electron chi connectivity index (χ3n) is 6.38. The molecule has 156 valence electrons. The molecule has 7 heteroatoms. The summed E-state index contributed by atoms with van der Waals surface area (Å²) in [7, 11) is 1.59. The Bertz CT molecular complexity index is 915. The molecule has 4 heterocycles. The first-order chi connectivity index (χ1) is 13.8. The Kier molecular flexibility index (Phi) is 5.19. The van der Waals surface area contributed by atoms with Gasteiger partial charge in [0.25, 0.3) is 0 Å². The zero-order chi connectivity index (χ0) is 20.8. The Morgan fingerprint density at radius 2 is 2.14 bits per heavy atom. The van der Waals surface area contributed by atoms with Gasteiger partial charge >= 0.3 is 5.97 Å². The predicted molar refractivity (Wildman–Crippen MR) is 105 cm³/mol. The first kappa shape index (κ1) is 20.0. The molecule has 0 spiro atoms. The second-order valence-electron chi connectivity index (χ2n) is 8.22. The summed E-state index contributed by atoms with van der Waals surface area (Å²) < 4.78 is 39.3. The molecule has 3 fully saturated rings. The highest BCUT2D eigenvalue weighted by atomic mass is 19.3. The minimum atomic E-state index is -2.71. The predicted octanol–water partition coefficient (Wildman–Crippen LogP) is 4.21. The van der Waals surface area contributed by atoms with Crippen molar-refractivity contribution in [1.29, 1.82) is 0 Å². The van der Waals surface area contributed by atoms with Crippen LogP contribution in [0.2, 0.25) is 0 Å². The van der Waals surface area contributed by atoms with Gasteiger partial charge in [-0.15, -0.1) is 0 Å². The lowest BCUT2D eigenvalue weighted by Gasteiger charge is -2.52. The van der Waals surface area contributed by atoms with E-state index >= 15 is 0 Å². The average molecular weight is 404 g/mol. The lowest BCUT2D eigenvalue weighted by molar-refractivity contribution is -0.166. The maximum atomic E-state index is 14.1. The van der Waals surface area contributed by atoms with Crippen LogP contribution in [0.1, 0.15) is 38.4 Å². The Labute approximate surface area is 169 Å². The van der Waals surface area contributed by atoms with Crippen molar-refractivity contribution in [2.75, 3.05) is 20.2 Å². The summed E-state index contributed by atoms with van der Waals surface area (Å²) in [6, 6.07) is 7.30. The molecule has 2 bridgehead atoms. The fourth-order valence-electron chi connectivity index (χ4n) is 5.01. The summed E-state index contributed by atoms with van der Waals surface area (Å²) >= 11 is 0. The number of aromatic nitrogens is 1. The third-order valence-corrected chi connectivity index (χ3v) is 6.38. The summed E-state index contributed by atoms with van der Waals surface area (Å²) in [5, 5.41) is 0.845. The monoisotopic (exact) mass is 404 g/mol. The van der Waals surface area contributed by atoms with E-state index in [2.05, 4.69) is 9.88 Å². The molecule has 0 amide bonds. The topological polar surface area (TPSA) is 51.7 Å². The molecule has 3 aliphatic rings. The number of alkyl halides is 2. The molecule has 0 N–H and O–H groups in total. The normalized spacial score (nSPS) is 27.6. The maximum absolute atomic E-state index is 14.1. The smallest absolute Gasteiger partial charge is 0.303 e. The lowest BCUT2D eigenvalue weighted by atomic mass is 9.71. The average Bonchev–Trinajstić information content (AvgIpc) is 2.70. The summed E-state index contributed by atoms with van der Waals surface area (Å²) in [5.74, 6) is -3.14. The number of pyridine rings is 1. The minimum Gasteiger partial charge on any atom is -0.497 e. The number of hydrogen-bond acceptors (Lipinski definition) is 5. The standard InChI is InChI=1S/C22H26F2N2O3/c1-13(27)29-21(16-6-8-25-19-5-4-15(28-3)11-17(16)19)20-10-14-7-9-26(20)12-18(14)22(2,23)24/h4-6,8,11,14,18,20-21H,7,9-10,12H2,1-3H3/t14-,18+,20+,21+/m0/s1. The van der Waals surface area contributed by atoms with Gasteiger partial charge in [-0.05, 0) is 56.5 Å². The van der Waals surface area contributed by atoms with Crippen LogP contribution in [0.25, 0.3) is 10.9 Å². The second-order valence-corrected chi connectivity index (χ2v) is 8.22. The molecule has 0 aliphatic carbocycles. The maximum Gasteiger partial charge on any atom is 0.303 e. The lowest BCUT2D eigenvalue weighted by Crippen LogP contribution is -2.59. The van der Waals surface area contributed by atoms with Crippen molar-refractivity contribution in [1.82, 2.24) is 9.88 Å². The number of nitrogens with zero attached hydrogens (tertiary/aromatic N) is 2. The number of carbonyl (C=O) groups excluding carboxylic acids is 1. The molecule has 3 saturated heterocycles. The molecule has 1 aromatic heterocycles. The van der Waals surface area contributed by atoms with E-state index in [1.54, 1.807) is 13.3 Å². The molecule has 29 heavy (non-hydrogen) atoms. The molecule has 5 nitrogen and oxygen atoms in total. The molecular weight excluding hydrogens is 378 g/mol. The van der Waals surface area contributed by atoms with Crippen LogP contribution in [0, 0.1) is 11.8 Å². The molecular formula is C22H26F2N2O3. The number of esters is 1. The van der Waals surface area contributed by atoms with Crippen molar-refractivity contribution in [3.05, 3.63) is 36.0 Å². The number of hydrogen-bond donors (Lipinski definition) is 0. The van der Waals surface area contributed by atoms with Crippen LogP contribution in [0.15, 0.2) is 30.5 Å². The SMILES string of the molecule is COc1ccc2nccc([C@@H](OC(C)=O)[C@H]3C[C@@H]4CCN3C[C@H]4C(C)(F)F)c2c1. The molecule has 1 unspecified atom stereocenters. The Morgan fingerprint density at radius 1 is 1.34 bits per heavy atom. The molecule has 5 rings (SSSR count). The zero-order valence-electron chi connectivity index (χ0n) is 16.9. The molecule has 0 radical (unpaired) electrons. The van der Waals surface area contributed by atoms with Gasteiger partial charge in [0, 0.05) is 36.5 Å². The van der Waals surface area contributed by atoms with Crippen molar-refractivity contribution in [3.63, 3.8) is 0 Å². The Morgan fingerprint density at radius 3 is 2.76 bits per heavy atom. The molecule has 3 aliphatic heterocycles.